The minimum atomic E-state index is 0.300. The van der Waals surface area contributed by atoms with E-state index >= 15 is 0 Å². The maximum absolute atomic E-state index is 9.93. The van der Waals surface area contributed by atoms with Crippen molar-refractivity contribution in [2.24, 2.45) is 0 Å². The van der Waals surface area contributed by atoms with E-state index in [4.69, 9.17) is 0 Å². The molecule has 0 unspecified atom stereocenters. The topological polar surface area (TPSA) is 20.2 Å². The zero-order valence-corrected chi connectivity index (χ0v) is 14.5. The van der Waals surface area contributed by atoms with Crippen LogP contribution in [0.2, 0.25) is 0 Å². The van der Waals surface area contributed by atoms with Gasteiger partial charge < -0.3 is 5.11 Å². The summed E-state index contributed by atoms with van der Waals surface area (Å²) in [6.07, 6.45) is 0. The van der Waals surface area contributed by atoms with Crippen LogP contribution in [0, 0.1) is 13.8 Å². The Balaban J connectivity index is 2.05. The summed E-state index contributed by atoms with van der Waals surface area (Å²) >= 11 is 1.82. The Kier molecular flexibility index (Phi) is 3.62. The summed E-state index contributed by atoms with van der Waals surface area (Å²) in [4.78, 5) is 1.25. The van der Waals surface area contributed by atoms with Crippen LogP contribution >= 0.6 is 11.3 Å². The minimum Gasteiger partial charge on any atom is -0.508 e. The van der Waals surface area contributed by atoms with Crippen molar-refractivity contribution in [1.82, 2.24) is 0 Å². The van der Waals surface area contributed by atoms with Crippen LogP contribution in [-0.4, -0.2) is 5.11 Å². The standard InChI is InChI=1S/C22H18OS/c1-14-6-9-16(10-7-14)22-21(17-4-3-5-18(23)13-17)19-11-8-15(2)12-20(19)24-22/h3-13,23H,1-2H3. The van der Waals surface area contributed by atoms with Crippen molar-refractivity contribution in [3.05, 3.63) is 77.9 Å². The summed E-state index contributed by atoms with van der Waals surface area (Å²) in [6.45, 7) is 4.23. The van der Waals surface area contributed by atoms with Crippen LogP contribution in [0.1, 0.15) is 11.1 Å². The van der Waals surface area contributed by atoms with Crippen molar-refractivity contribution in [1.29, 1.82) is 0 Å². The van der Waals surface area contributed by atoms with Crippen LogP contribution in [0.15, 0.2) is 66.7 Å². The molecule has 0 fully saturated rings. The zero-order valence-electron chi connectivity index (χ0n) is 13.7. The molecular formula is C22H18OS. The van der Waals surface area contributed by atoms with Crippen molar-refractivity contribution in [2.45, 2.75) is 13.8 Å². The molecule has 1 aromatic heterocycles. The molecule has 0 atom stereocenters. The van der Waals surface area contributed by atoms with Gasteiger partial charge in [0.1, 0.15) is 5.75 Å². The van der Waals surface area contributed by atoms with Gasteiger partial charge in [0, 0.05) is 20.5 Å². The van der Waals surface area contributed by atoms with Gasteiger partial charge in [-0.3, -0.25) is 0 Å². The van der Waals surface area contributed by atoms with Crippen molar-refractivity contribution in [3.63, 3.8) is 0 Å². The molecule has 0 bridgehead atoms. The van der Waals surface area contributed by atoms with Gasteiger partial charge in [0.2, 0.25) is 0 Å². The fourth-order valence-corrected chi connectivity index (χ4v) is 4.39. The molecule has 1 heterocycles. The van der Waals surface area contributed by atoms with Gasteiger partial charge in [-0.2, -0.15) is 0 Å². The number of aromatic hydroxyl groups is 1. The van der Waals surface area contributed by atoms with Crippen LogP contribution in [0.4, 0.5) is 0 Å². The largest absolute Gasteiger partial charge is 0.508 e. The molecule has 4 rings (SSSR count). The summed E-state index contributed by atoms with van der Waals surface area (Å²) in [5, 5.41) is 11.2. The van der Waals surface area contributed by atoms with Crippen LogP contribution in [0.25, 0.3) is 31.7 Å². The van der Waals surface area contributed by atoms with Crippen molar-refractivity contribution in [2.75, 3.05) is 0 Å². The van der Waals surface area contributed by atoms with Crippen LogP contribution < -0.4 is 0 Å². The van der Waals surface area contributed by atoms with Gasteiger partial charge in [0.15, 0.2) is 0 Å². The highest BCUT2D eigenvalue weighted by Crippen LogP contribution is 2.45. The fourth-order valence-electron chi connectivity index (χ4n) is 3.06. The first-order valence-electron chi connectivity index (χ1n) is 8.01. The molecule has 1 nitrogen and oxygen atoms in total. The average molecular weight is 330 g/mol. The zero-order chi connectivity index (χ0) is 16.7. The van der Waals surface area contributed by atoms with E-state index in [1.54, 1.807) is 6.07 Å². The molecule has 118 valence electrons. The number of aryl methyl sites for hydroxylation is 2. The van der Waals surface area contributed by atoms with Gasteiger partial charge in [0.05, 0.1) is 0 Å². The second-order valence-corrected chi connectivity index (χ2v) is 7.27. The highest BCUT2D eigenvalue weighted by atomic mass is 32.1. The first-order valence-corrected chi connectivity index (χ1v) is 8.83. The molecule has 4 aromatic rings. The molecule has 2 heteroatoms. The minimum absolute atomic E-state index is 0.300. The monoisotopic (exact) mass is 330 g/mol. The molecule has 0 saturated carbocycles. The quantitative estimate of drug-likeness (QED) is 0.441. The predicted octanol–water partition coefficient (Wildman–Crippen LogP) is 6.56. The number of phenolic OH excluding ortho intramolecular Hbond substituents is 1. The first kappa shape index (κ1) is 15.0. The normalized spacial score (nSPS) is 11.1. The number of rotatable bonds is 2. The maximum atomic E-state index is 9.93. The summed E-state index contributed by atoms with van der Waals surface area (Å²) in [7, 11) is 0. The maximum Gasteiger partial charge on any atom is 0.116 e. The van der Waals surface area contributed by atoms with Gasteiger partial charge >= 0.3 is 0 Å². The Labute approximate surface area is 145 Å². The summed E-state index contributed by atoms with van der Waals surface area (Å²) in [5.41, 5.74) is 6.00. The molecular weight excluding hydrogens is 312 g/mol. The van der Waals surface area contributed by atoms with E-state index in [1.165, 1.54) is 37.2 Å². The van der Waals surface area contributed by atoms with Crippen LogP contribution in [0.3, 0.4) is 0 Å². The molecule has 0 aliphatic heterocycles. The van der Waals surface area contributed by atoms with Crippen molar-refractivity contribution in [3.8, 4) is 27.3 Å². The summed E-state index contributed by atoms with van der Waals surface area (Å²) in [5.74, 6) is 0.300. The molecule has 0 spiro atoms. The van der Waals surface area contributed by atoms with E-state index < -0.39 is 0 Å². The van der Waals surface area contributed by atoms with E-state index in [2.05, 4.69) is 62.4 Å². The molecule has 3 aromatic carbocycles. The lowest BCUT2D eigenvalue weighted by Gasteiger charge is -2.07. The number of benzene rings is 3. The van der Waals surface area contributed by atoms with Crippen LogP contribution in [-0.2, 0) is 0 Å². The third-order valence-electron chi connectivity index (χ3n) is 4.29. The second-order valence-electron chi connectivity index (χ2n) is 6.22. The first-order chi connectivity index (χ1) is 11.6. The smallest absolute Gasteiger partial charge is 0.116 e. The lowest BCUT2D eigenvalue weighted by atomic mass is 9.98. The second kappa shape index (κ2) is 5.81. The number of thiophene rings is 1. The Morgan fingerprint density at radius 2 is 1.50 bits per heavy atom. The van der Waals surface area contributed by atoms with E-state index in [9.17, 15) is 5.11 Å². The lowest BCUT2D eigenvalue weighted by Crippen LogP contribution is -1.81. The molecule has 0 amide bonds. The highest BCUT2D eigenvalue weighted by Gasteiger charge is 2.16. The molecule has 1 N–H and O–H groups in total. The lowest BCUT2D eigenvalue weighted by molar-refractivity contribution is 0.475. The van der Waals surface area contributed by atoms with E-state index in [1.807, 2.05) is 23.5 Å². The number of fused-ring (bicyclic) bond motifs is 1. The third-order valence-corrected chi connectivity index (χ3v) is 5.50. The third kappa shape index (κ3) is 2.59. The summed E-state index contributed by atoms with van der Waals surface area (Å²) < 4.78 is 1.28. The van der Waals surface area contributed by atoms with Gasteiger partial charge in [-0.1, -0.05) is 54.1 Å². The SMILES string of the molecule is Cc1ccc(-c2sc3cc(C)ccc3c2-c2cccc(O)c2)cc1. The predicted molar refractivity (Wildman–Crippen MR) is 104 cm³/mol. The molecule has 0 saturated heterocycles. The van der Waals surface area contributed by atoms with Gasteiger partial charge in [-0.15, -0.1) is 11.3 Å². The Morgan fingerprint density at radius 1 is 0.750 bits per heavy atom. The van der Waals surface area contributed by atoms with Gasteiger partial charge in [-0.05, 0) is 48.7 Å². The van der Waals surface area contributed by atoms with Crippen LogP contribution in [0.5, 0.6) is 5.75 Å². The van der Waals surface area contributed by atoms with E-state index in [-0.39, 0.29) is 0 Å². The summed E-state index contributed by atoms with van der Waals surface area (Å²) in [6, 6.07) is 22.8. The average Bonchev–Trinajstić information content (AvgIpc) is 2.94. The number of hydrogen-bond acceptors (Lipinski definition) is 2. The Hall–Kier alpha value is -2.58. The van der Waals surface area contributed by atoms with Crippen molar-refractivity contribution >= 4 is 21.4 Å². The van der Waals surface area contributed by atoms with E-state index in [0.717, 1.165) is 5.56 Å². The van der Waals surface area contributed by atoms with E-state index in [0.29, 0.717) is 5.75 Å². The molecule has 0 aliphatic rings. The Morgan fingerprint density at radius 3 is 2.25 bits per heavy atom. The number of phenols is 1. The molecule has 0 aliphatic carbocycles. The molecule has 24 heavy (non-hydrogen) atoms. The fraction of sp³-hybridized carbons (Fsp3) is 0.0909. The van der Waals surface area contributed by atoms with Crippen molar-refractivity contribution < 1.29 is 5.11 Å². The van der Waals surface area contributed by atoms with Gasteiger partial charge in [0.25, 0.3) is 0 Å². The van der Waals surface area contributed by atoms with Gasteiger partial charge in [-0.25, -0.2) is 0 Å². The highest BCUT2D eigenvalue weighted by molar-refractivity contribution is 7.23. The Bertz CT molecular complexity index is 1030. The number of hydrogen-bond donors (Lipinski definition) is 1. The molecule has 0 radical (unpaired) electrons.